The van der Waals surface area contributed by atoms with Crippen LogP contribution >= 0.6 is 0 Å². The molecule has 17 atom stereocenters. The van der Waals surface area contributed by atoms with E-state index in [1.165, 1.54) is 167 Å². The summed E-state index contributed by atoms with van der Waals surface area (Å²) in [4.78, 5) is 13.3. The van der Waals surface area contributed by atoms with Crippen molar-refractivity contribution in [3.63, 3.8) is 0 Å². The Morgan fingerprint density at radius 2 is 0.780 bits per heavy atom. The Morgan fingerprint density at radius 3 is 1.22 bits per heavy atom. The number of rotatable bonds is 49. The average molecular weight is 1180 g/mol. The lowest BCUT2D eigenvalue weighted by molar-refractivity contribution is -0.379. The van der Waals surface area contributed by atoms with Crippen LogP contribution in [0.15, 0.2) is 24.3 Å². The van der Waals surface area contributed by atoms with Crippen molar-refractivity contribution in [3.05, 3.63) is 24.3 Å². The molecule has 82 heavy (non-hydrogen) atoms. The van der Waals surface area contributed by atoms with Crippen LogP contribution in [0, 0.1) is 0 Å². The van der Waals surface area contributed by atoms with Crippen molar-refractivity contribution in [2.75, 3.05) is 26.4 Å². The molecule has 3 fully saturated rings. The fourth-order valence-corrected chi connectivity index (χ4v) is 11.1. The topological polar surface area (TPSA) is 307 Å². The number of hydrogen-bond acceptors (Lipinski definition) is 18. The predicted octanol–water partition coefficient (Wildman–Crippen LogP) is 7.10. The molecular formula is C63H117NO18. The quantitative estimate of drug-likeness (QED) is 0.0213. The van der Waals surface area contributed by atoms with Gasteiger partial charge in [0, 0.05) is 6.42 Å². The molecule has 0 aromatic heterocycles. The van der Waals surface area contributed by atoms with E-state index in [-0.39, 0.29) is 18.9 Å². The highest BCUT2D eigenvalue weighted by Gasteiger charge is 2.53. The van der Waals surface area contributed by atoms with Crippen molar-refractivity contribution >= 4 is 5.91 Å². The highest BCUT2D eigenvalue weighted by molar-refractivity contribution is 5.76. The Balaban J connectivity index is 1.48. The second-order valence-corrected chi connectivity index (χ2v) is 23.6. The Morgan fingerprint density at radius 1 is 0.427 bits per heavy atom. The van der Waals surface area contributed by atoms with Crippen molar-refractivity contribution < 1.29 is 89.4 Å². The summed E-state index contributed by atoms with van der Waals surface area (Å²) in [5.41, 5.74) is 0. The van der Waals surface area contributed by atoms with E-state index in [4.69, 9.17) is 28.4 Å². The minimum absolute atomic E-state index is 0.240. The van der Waals surface area contributed by atoms with Crippen molar-refractivity contribution in [1.82, 2.24) is 5.32 Å². The van der Waals surface area contributed by atoms with Crippen LogP contribution in [-0.4, -0.2) is 193 Å². The molecule has 3 aliphatic rings. The zero-order valence-corrected chi connectivity index (χ0v) is 50.5. The summed E-state index contributed by atoms with van der Waals surface area (Å²) in [7, 11) is 0. The fourth-order valence-electron chi connectivity index (χ4n) is 11.1. The molecular weight excluding hydrogens is 1060 g/mol. The second-order valence-electron chi connectivity index (χ2n) is 23.6. The molecule has 0 aromatic rings. The Bertz CT molecular complexity index is 1590. The first-order valence-electron chi connectivity index (χ1n) is 32.6. The van der Waals surface area contributed by atoms with E-state index in [0.29, 0.717) is 12.8 Å². The SMILES string of the molecule is CCCCCCCCCCCCCCCCCCC/C=C/CC/C=C/C(O)C(COC1OC(CO)C(OC2OC(CO)C(OC3OC(CO)C(O)C(O)C3O)C(O)C2O)C(O)C1O)NC(=O)CCCCCCCCCCCCCCCC. The summed E-state index contributed by atoms with van der Waals surface area (Å²) in [5, 5.41) is 120. The van der Waals surface area contributed by atoms with Crippen molar-refractivity contribution in [1.29, 1.82) is 0 Å². The third-order valence-electron chi connectivity index (χ3n) is 16.5. The van der Waals surface area contributed by atoms with Crippen LogP contribution in [0.3, 0.4) is 0 Å². The summed E-state index contributed by atoms with van der Waals surface area (Å²) in [6.07, 6.45) is 23.1. The first-order valence-corrected chi connectivity index (χ1v) is 32.6. The maximum atomic E-state index is 13.3. The highest BCUT2D eigenvalue weighted by atomic mass is 16.8. The van der Waals surface area contributed by atoms with Gasteiger partial charge >= 0.3 is 0 Å². The van der Waals surface area contributed by atoms with Crippen LogP contribution in [0.25, 0.3) is 0 Å². The van der Waals surface area contributed by atoms with E-state index in [1.807, 2.05) is 6.08 Å². The summed E-state index contributed by atoms with van der Waals surface area (Å²) in [6.45, 7) is 1.72. The fraction of sp³-hybridized carbons (Fsp3) is 0.921. The molecule has 3 heterocycles. The van der Waals surface area contributed by atoms with Gasteiger partial charge in [0.15, 0.2) is 18.9 Å². The number of hydrogen-bond donors (Lipinski definition) is 12. The lowest BCUT2D eigenvalue weighted by atomic mass is 9.96. The van der Waals surface area contributed by atoms with Gasteiger partial charge in [0.25, 0.3) is 0 Å². The number of aliphatic hydroxyl groups excluding tert-OH is 11. The monoisotopic (exact) mass is 1180 g/mol. The van der Waals surface area contributed by atoms with Crippen LogP contribution in [0.5, 0.6) is 0 Å². The second kappa shape index (κ2) is 46.4. The number of carbonyl (C=O) groups is 1. The molecule has 0 spiro atoms. The van der Waals surface area contributed by atoms with Gasteiger partial charge in [-0.1, -0.05) is 224 Å². The number of carbonyl (C=O) groups excluding carboxylic acids is 1. The van der Waals surface area contributed by atoms with Gasteiger partial charge in [0.1, 0.15) is 73.2 Å². The van der Waals surface area contributed by atoms with E-state index >= 15 is 0 Å². The van der Waals surface area contributed by atoms with Gasteiger partial charge in [-0.3, -0.25) is 4.79 Å². The van der Waals surface area contributed by atoms with Gasteiger partial charge in [0.05, 0.1) is 38.6 Å². The first-order chi connectivity index (χ1) is 39.8. The maximum Gasteiger partial charge on any atom is 0.220 e. The third kappa shape index (κ3) is 29.3. The van der Waals surface area contributed by atoms with Gasteiger partial charge < -0.3 is 89.9 Å². The number of amides is 1. The number of ether oxygens (including phenoxy) is 6. The largest absolute Gasteiger partial charge is 0.394 e. The molecule has 0 bridgehead atoms. The lowest BCUT2D eigenvalue weighted by Crippen LogP contribution is -2.66. The summed E-state index contributed by atoms with van der Waals surface area (Å²) >= 11 is 0. The average Bonchev–Trinajstić information content (AvgIpc) is 2.98. The van der Waals surface area contributed by atoms with Crippen molar-refractivity contribution in [2.45, 2.75) is 343 Å². The smallest absolute Gasteiger partial charge is 0.220 e. The molecule has 0 saturated carbocycles. The van der Waals surface area contributed by atoms with E-state index in [1.54, 1.807) is 6.08 Å². The molecule has 1 amide bonds. The van der Waals surface area contributed by atoms with Crippen molar-refractivity contribution in [2.24, 2.45) is 0 Å². The van der Waals surface area contributed by atoms with Gasteiger partial charge in [0.2, 0.25) is 5.91 Å². The first kappa shape index (κ1) is 74.5. The Labute approximate surface area is 492 Å². The molecule has 0 aliphatic carbocycles. The summed E-state index contributed by atoms with van der Waals surface area (Å²) in [5.74, 6) is -0.283. The van der Waals surface area contributed by atoms with Crippen LogP contribution < -0.4 is 5.32 Å². The van der Waals surface area contributed by atoms with Crippen LogP contribution in [-0.2, 0) is 33.2 Å². The van der Waals surface area contributed by atoms with Crippen LogP contribution in [0.1, 0.15) is 239 Å². The summed E-state index contributed by atoms with van der Waals surface area (Å²) < 4.78 is 34.3. The molecule has 12 N–H and O–H groups in total. The molecule has 3 saturated heterocycles. The third-order valence-corrected chi connectivity index (χ3v) is 16.5. The highest BCUT2D eigenvalue weighted by Crippen LogP contribution is 2.33. The van der Waals surface area contributed by atoms with E-state index in [0.717, 1.165) is 38.5 Å². The van der Waals surface area contributed by atoms with E-state index < -0.39 is 124 Å². The molecule has 19 nitrogen and oxygen atoms in total. The molecule has 3 aliphatic heterocycles. The number of allylic oxidation sites excluding steroid dienone is 3. The number of nitrogens with one attached hydrogen (secondary N) is 1. The van der Waals surface area contributed by atoms with Gasteiger partial charge in [-0.05, 0) is 32.1 Å². The standard InChI is InChI=1S/C63H117NO18/c1-3-5-7-9-11-13-15-17-19-20-21-22-23-24-25-26-27-28-30-32-34-36-38-40-47(68)46(64-51(69)41-39-37-35-33-31-29-18-16-14-12-10-8-6-4-2)45-77-61-57(75)54(72)59(49(43-66)79-61)82-63-58(76)55(73)60(50(44-67)80-63)81-62-56(74)53(71)52(70)48(42-65)78-62/h30,32,38,40,46-50,52-63,65-68,70-76H,3-29,31,33-37,39,41-45H2,1-2H3,(H,64,69)/b32-30+,40-38+. The Kier molecular flexibility index (Phi) is 42.2. The van der Waals surface area contributed by atoms with Gasteiger partial charge in [-0.15, -0.1) is 0 Å². The minimum atomic E-state index is -1.98. The molecule has 19 heteroatoms. The van der Waals surface area contributed by atoms with Crippen molar-refractivity contribution in [3.8, 4) is 0 Å². The Hall–Kier alpha value is -1.73. The number of unbranched alkanes of at least 4 members (excludes halogenated alkanes) is 31. The van der Waals surface area contributed by atoms with Gasteiger partial charge in [-0.2, -0.15) is 0 Å². The molecule has 17 unspecified atom stereocenters. The van der Waals surface area contributed by atoms with E-state index in [9.17, 15) is 61.0 Å². The van der Waals surface area contributed by atoms with E-state index in [2.05, 4.69) is 31.3 Å². The van der Waals surface area contributed by atoms with Crippen LogP contribution in [0.4, 0.5) is 0 Å². The lowest BCUT2D eigenvalue weighted by Gasteiger charge is -2.48. The normalized spacial score (nSPS) is 29.7. The maximum absolute atomic E-state index is 13.3. The zero-order valence-electron chi connectivity index (χ0n) is 50.5. The zero-order chi connectivity index (χ0) is 59.7. The van der Waals surface area contributed by atoms with Crippen LogP contribution in [0.2, 0.25) is 0 Å². The molecule has 482 valence electrons. The van der Waals surface area contributed by atoms with Gasteiger partial charge in [-0.25, -0.2) is 0 Å². The number of aliphatic hydroxyl groups is 11. The summed E-state index contributed by atoms with van der Waals surface area (Å²) in [6, 6.07) is -0.985. The molecule has 0 radical (unpaired) electrons. The molecule has 3 rings (SSSR count). The molecule has 0 aromatic carbocycles. The predicted molar refractivity (Wildman–Crippen MR) is 314 cm³/mol. The minimum Gasteiger partial charge on any atom is -0.394 e.